The molecule has 1 aromatic carbocycles. The van der Waals surface area contributed by atoms with Gasteiger partial charge in [-0.25, -0.2) is 4.39 Å². The minimum absolute atomic E-state index is 0.107. The lowest BCUT2D eigenvalue weighted by Gasteiger charge is -2.37. The summed E-state index contributed by atoms with van der Waals surface area (Å²) >= 11 is 5.81. The van der Waals surface area contributed by atoms with E-state index < -0.39 is 5.82 Å². The molecule has 1 aliphatic heterocycles. The van der Waals surface area contributed by atoms with Crippen LogP contribution in [-0.4, -0.2) is 25.8 Å². The van der Waals surface area contributed by atoms with Crippen molar-refractivity contribution >= 4 is 23.0 Å². The minimum atomic E-state index is -0.478. The van der Waals surface area contributed by atoms with Gasteiger partial charge >= 0.3 is 0 Å². The Balaban J connectivity index is 2.34. The van der Waals surface area contributed by atoms with Crippen molar-refractivity contribution in [3.05, 3.63) is 23.0 Å². The third-order valence-corrected chi connectivity index (χ3v) is 3.37. The number of hydrogen-bond acceptors (Lipinski definition) is 3. The van der Waals surface area contributed by atoms with E-state index in [1.165, 1.54) is 6.07 Å². The molecular weight excluding hydrogens is 243 g/mol. The summed E-state index contributed by atoms with van der Waals surface area (Å²) in [5, 5.41) is 0.107. The van der Waals surface area contributed by atoms with Crippen LogP contribution in [0.2, 0.25) is 5.02 Å². The summed E-state index contributed by atoms with van der Waals surface area (Å²) in [7, 11) is 0. The Kier molecular flexibility index (Phi) is 3.74. The number of nitrogen functional groups attached to an aromatic ring is 1. The first-order chi connectivity index (χ1) is 8.13. The van der Waals surface area contributed by atoms with Crippen LogP contribution in [0.1, 0.15) is 13.3 Å². The maximum Gasteiger partial charge on any atom is 0.143 e. The number of ether oxygens (including phenoxy) is 1. The molecule has 0 aliphatic carbocycles. The van der Waals surface area contributed by atoms with Crippen molar-refractivity contribution in [2.24, 2.45) is 0 Å². The van der Waals surface area contributed by atoms with E-state index in [1.807, 2.05) is 0 Å². The van der Waals surface area contributed by atoms with Crippen molar-refractivity contribution in [1.82, 2.24) is 0 Å². The number of halogens is 2. The first-order valence-electron chi connectivity index (χ1n) is 5.72. The average molecular weight is 259 g/mol. The van der Waals surface area contributed by atoms with E-state index in [0.29, 0.717) is 18.9 Å². The highest BCUT2D eigenvalue weighted by atomic mass is 35.5. The molecule has 0 radical (unpaired) electrons. The molecule has 1 aromatic rings. The first kappa shape index (κ1) is 12.5. The van der Waals surface area contributed by atoms with Crippen molar-refractivity contribution in [2.75, 3.05) is 30.4 Å². The van der Waals surface area contributed by atoms with E-state index in [2.05, 4.69) is 11.8 Å². The van der Waals surface area contributed by atoms with Gasteiger partial charge in [-0.1, -0.05) is 18.5 Å². The van der Waals surface area contributed by atoms with Gasteiger partial charge in [0.05, 0.1) is 35.7 Å². The molecule has 2 rings (SSSR count). The Morgan fingerprint density at radius 1 is 1.59 bits per heavy atom. The van der Waals surface area contributed by atoms with Crippen LogP contribution >= 0.6 is 11.6 Å². The van der Waals surface area contributed by atoms with E-state index in [1.54, 1.807) is 6.07 Å². The third kappa shape index (κ3) is 2.48. The van der Waals surface area contributed by atoms with Gasteiger partial charge in [0.2, 0.25) is 0 Å². The van der Waals surface area contributed by atoms with E-state index in [4.69, 9.17) is 22.1 Å². The summed E-state index contributed by atoms with van der Waals surface area (Å²) in [5.41, 5.74) is 7.08. The summed E-state index contributed by atoms with van der Waals surface area (Å²) in [5.74, 6) is -0.478. The Morgan fingerprint density at radius 2 is 2.35 bits per heavy atom. The van der Waals surface area contributed by atoms with Gasteiger partial charge in [-0.2, -0.15) is 0 Å². The molecule has 0 bridgehead atoms. The molecule has 0 amide bonds. The highest BCUT2D eigenvalue weighted by Gasteiger charge is 2.24. The molecule has 94 valence electrons. The second-order valence-electron chi connectivity index (χ2n) is 4.16. The van der Waals surface area contributed by atoms with E-state index in [0.717, 1.165) is 18.7 Å². The summed E-state index contributed by atoms with van der Waals surface area (Å²) in [6, 6.07) is 3.15. The Bertz CT molecular complexity index is 414. The fourth-order valence-electron chi connectivity index (χ4n) is 2.11. The summed E-state index contributed by atoms with van der Waals surface area (Å²) in [6.45, 7) is 4.17. The predicted molar refractivity (Wildman–Crippen MR) is 68.1 cm³/mol. The van der Waals surface area contributed by atoms with Crippen molar-refractivity contribution < 1.29 is 9.13 Å². The zero-order chi connectivity index (χ0) is 12.4. The molecule has 1 fully saturated rings. The highest BCUT2D eigenvalue weighted by molar-refractivity contribution is 6.31. The minimum Gasteiger partial charge on any atom is -0.397 e. The standard InChI is InChI=1S/C12H16ClFN2O/c1-2-8-7-17-4-3-16(8)12-5-9(13)10(14)6-11(12)15/h5-6,8H,2-4,7,15H2,1H3. The molecular formula is C12H16ClFN2O. The fraction of sp³-hybridized carbons (Fsp3) is 0.500. The van der Waals surface area contributed by atoms with Crippen LogP contribution in [0.4, 0.5) is 15.8 Å². The number of hydrogen-bond donors (Lipinski definition) is 1. The zero-order valence-electron chi connectivity index (χ0n) is 9.75. The van der Waals surface area contributed by atoms with Crippen LogP contribution in [0, 0.1) is 5.82 Å². The topological polar surface area (TPSA) is 38.5 Å². The number of morpholine rings is 1. The lowest BCUT2D eigenvalue weighted by atomic mass is 10.1. The Hall–Kier alpha value is -1.00. The summed E-state index contributed by atoms with van der Waals surface area (Å²) in [6.07, 6.45) is 0.953. The van der Waals surface area contributed by atoms with Crippen LogP contribution in [-0.2, 0) is 4.74 Å². The van der Waals surface area contributed by atoms with E-state index >= 15 is 0 Å². The molecule has 0 spiro atoms. The molecule has 0 aromatic heterocycles. The van der Waals surface area contributed by atoms with Gasteiger partial charge in [0, 0.05) is 12.6 Å². The molecule has 1 saturated heterocycles. The molecule has 3 nitrogen and oxygen atoms in total. The Morgan fingerprint density at radius 3 is 3.06 bits per heavy atom. The summed E-state index contributed by atoms with van der Waals surface area (Å²) in [4.78, 5) is 2.14. The van der Waals surface area contributed by atoms with Gasteiger partial charge in [-0.3, -0.25) is 0 Å². The lowest BCUT2D eigenvalue weighted by Crippen LogP contribution is -2.45. The van der Waals surface area contributed by atoms with Gasteiger partial charge in [-0.15, -0.1) is 0 Å². The summed E-state index contributed by atoms with van der Waals surface area (Å²) < 4.78 is 18.7. The number of nitrogens with two attached hydrogens (primary N) is 1. The number of anilines is 2. The molecule has 17 heavy (non-hydrogen) atoms. The molecule has 2 N–H and O–H groups in total. The van der Waals surface area contributed by atoms with Gasteiger partial charge < -0.3 is 15.4 Å². The van der Waals surface area contributed by atoms with Gasteiger partial charge in [0.1, 0.15) is 5.82 Å². The van der Waals surface area contributed by atoms with Crippen LogP contribution in [0.15, 0.2) is 12.1 Å². The molecule has 5 heteroatoms. The smallest absolute Gasteiger partial charge is 0.143 e. The zero-order valence-corrected chi connectivity index (χ0v) is 10.5. The van der Waals surface area contributed by atoms with Crippen LogP contribution < -0.4 is 10.6 Å². The van der Waals surface area contributed by atoms with E-state index in [-0.39, 0.29) is 11.1 Å². The normalized spacial score (nSPS) is 20.6. The number of rotatable bonds is 2. The SMILES string of the molecule is CCC1COCCN1c1cc(Cl)c(F)cc1N. The van der Waals surface area contributed by atoms with Gasteiger partial charge in [0.15, 0.2) is 0 Å². The monoisotopic (exact) mass is 258 g/mol. The quantitative estimate of drug-likeness (QED) is 0.829. The predicted octanol–water partition coefficient (Wildman–Crippen LogP) is 2.68. The van der Waals surface area contributed by atoms with Gasteiger partial charge in [-0.05, 0) is 12.5 Å². The molecule has 0 saturated carbocycles. The fourth-order valence-corrected chi connectivity index (χ4v) is 2.27. The van der Waals surface area contributed by atoms with Crippen molar-refractivity contribution in [2.45, 2.75) is 19.4 Å². The molecule has 1 heterocycles. The lowest BCUT2D eigenvalue weighted by molar-refractivity contribution is 0.0930. The second kappa shape index (κ2) is 5.10. The van der Waals surface area contributed by atoms with Crippen molar-refractivity contribution in [1.29, 1.82) is 0 Å². The number of nitrogens with zero attached hydrogens (tertiary/aromatic N) is 1. The van der Waals surface area contributed by atoms with E-state index in [9.17, 15) is 4.39 Å². The van der Waals surface area contributed by atoms with Crippen LogP contribution in [0.5, 0.6) is 0 Å². The van der Waals surface area contributed by atoms with Gasteiger partial charge in [0.25, 0.3) is 0 Å². The second-order valence-corrected chi connectivity index (χ2v) is 4.56. The molecule has 1 atom stereocenters. The molecule has 1 unspecified atom stereocenters. The van der Waals surface area contributed by atoms with Crippen LogP contribution in [0.3, 0.4) is 0 Å². The largest absolute Gasteiger partial charge is 0.397 e. The third-order valence-electron chi connectivity index (χ3n) is 3.08. The molecule has 1 aliphatic rings. The maximum atomic E-state index is 13.3. The first-order valence-corrected chi connectivity index (χ1v) is 6.10. The maximum absolute atomic E-state index is 13.3. The van der Waals surface area contributed by atoms with Crippen LogP contribution in [0.25, 0.3) is 0 Å². The highest BCUT2D eigenvalue weighted by Crippen LogP contribution is 2.32. The van der Waals surface area contributed by atoms with Crippen molar-refractivity contribution in [3.63, 3.8) is 0 Å². The average Bonchev–Trinajstić information content (AvgIpc) is 2.34. The Labute approximate surface area is 105 Å². The van der Waals surface area contributed by atoms with Crippen molar-refractivity contribution in [3.8, 4) is 0 Å². The number of benzene rings is 1.